The van der Waals surface area contributed by atoms with E-state index in [1.165, 1.54) is 11.3 Å². The first-order valence-electron chi connectivity index (χ1n) is 6.78. The summed E-state index contributed by atoms with van der Waals surface area (Å²) in [6.07, 6.45) is 0. The molecule has 110 valence electrons. The van der Waals surface area contributed by atoms with E-state index < -0.39 is 0 Å². The highest BCUT2D eigenvalue weighted by molar-refractivity contribution is 7.16. The van der Waals surface area contributed by atoms with E-state index in [4.69, 9.17) is 16.3 Å². The molecule has 0 aromatic carbocycles. The van der Waals surface area contributed by atoms with Crippen LogP contribution in [0.1, 0.15) is 27.7 Å². The van der Waals surface area contributed by atoms with Crippen molar-refractivity contribution >= 4 is 33.2 Å². The van der Waals surface area contributed by atoms with Gasteiger partial charge in [0.1, 0.15) is 11.4 Å². The van der Waals surface area contributed by atoms with Crippen LogP contribution >= 0.6 is 22.9 Å². The molecule has 2 heterocycles. The fraction of sp³-hybridized carbons (Fsp3) is 0.571. The Balaban J connectivity index is 2.04. The minimum Gasteiger partial charge on any atom is -0.476 e. The molecule has 0 unspecified atom stereocenters. The van der Waals surface area contributed by atoms with Crippen molar-refractivity contribution in [2.75, 3.05) is 13.2 Å². The molecule has 0 bridgehead atoms. The third-order valence-corrected chi connectivity index (χ3v) is 4.15. The van der Waals surface area contributed by atoms with Gasteiger partial charge in [-0.2, -0.15) is 4.98 Å². The monoisotopic (exact) mass is 313 g/mol. The quantitative estimate of drug-likeness (QED) is 0.759. The fourth-order valence-electron chi connectivity index (χ4n) is 2.27. The van der Waals surface area contributed by atoms with Crippen LogP contribution in [0.2, 0.25) is 5.28 Å². The molecule has 4 nitrogen and oxygen atoms in total. The maximum Gasteiger partial charge on any atom is 0.227 e. The summed E-state index contributed by atoms with van der Waals surface area (Å²) in [5.41, 5.74) is 0. The summed E-state index contributed by atoms with van der Waals surface area (Å²) in [4.78, 5) is 11.6. The molecular weight excluding hydrogens is 294 g/mol. The highest BCUT2D eigenvalue weighted by Gasteiger charge is 2.14. The molecule has 0 N–H and O–H groups in total. The number of ether oxygens (including phenoxy) is 1. The predicted octanol–water partition coefficient (Wildman–Crippen LogP) is 3.84. The summed E-state index contributed by atoms with van der Waals surface area (Å²) < 4.78 is 5.82. The molecule has 0 fully saturated rings. The summed E-state index contributed by atoms with van der Waals surface area (Å²) in [7, 11) is 0. The van der Waals surface area contributed by atoms with E-state index in [1.54, 1.807) is 0 Å². The van der Waals surface area contributed by atoms with Gasteiger partial charge in [0.2, 0.25) is 11.2 Å². The van der Waals surface area contributed by atoms with E-state index in [-0.39, 0.29) is 5.28 Å². The first-order valence-corrected chi connectivity index (χ1v) is 8.04. The van der Waals surface area contributed by atoms with Crippen molar-refractivity contribution in [2.45, 2.75) is 39.8 Å². The number of hydrogen-bond donors (Lipinski definition) is 0. The van der Waals surface area contributed by atoms with Gasteiger partial charge in [0, 0.05) is 18.6 Å². The van der Waals surface area contributed by atoms with Gasteiger partial charge in [0.05, 0.1) is 5.39 Å². The number of aromatic nitrogens is 2. The van der Waals surface area contributed by atoms with Gasteiger partial charge in [-0.1, -0.05) is 0 Å². The van der Waals surface area contributed by atoms with Crippen molar-refractivity contribution in [2.24, 2.45) is 0 Å². The molecule has 0 aliphatic carbocycles. The molecule has 0 radical (unpaired) electrons. The fourth-order valence-corrected chi connectivity index (χ4v) is 3.24. The van der Waals surface area contributed by atoms with Crippen LogP contribution in [0.15, 0.2) is 11.4 Å². The first kappa shape index (κ1) is 15.5. The lowest BCUT2D eigenvalue weighted by Crippen LogP contribution is -2.39. The average molecular weight is 314 g/mol. The van der Waals surface area contributed by atoms with Gasteiger partial charge in [-0.25, -0.2) is 4.98 Å². The zero-order chi connectivity index (χ0) is 14.7. The first-order chi connectivity index (χ1) is 9.49. The van der Waals surface area contributed by atoms with E-state index in [2.05, 4.69) is 42.6 Å². The molecule has 0 saturated carbocycles. The van der Waals surface area contributed by atoms with Gasteiger partial charge in [-0.3, -0.25) is 4.90 Å². The lowest BCUT2D eigenvalue weighted by molar-refractivity contribution is 0.141. The van der Waals surface area contributed by atoms with Crippen molar-refractivity contribution in [3.05, 3.63) is 16.7 Å². The van der Waals surface area contributed by atoms with Gasteiger partial charge in [0.15, 0.2) is 0 Å². The van der Waals surface area contributed by atoms with E-state index in [0.29, 0.717) is 24.6 Å². The normalized spacial score (nSPS) is 12.0. The lowest BCUT2D eigenvalue weighted by Gasteiger charge is -2.30. The maximum atomic E-state index is 5.92. The molecule has 0 atom stereocenters. The Bertz CT molecular complexity index is 563. The zero-order valence-electron chi connectivity index (χ0n) is 12.3. The Morgan fingerprint density at radius 2 is 1.95 bits per heavy atom. The largest absolute Gasteiger partial charge is 0.476 e. The summed E-state index contributed by atoms with van der Waals surface area (Å²) >= 11 is 7.46. The van der Waals surface area contributed by atoms with Crippen LogP contribution in [0.5, 0.6) is 5.88 Å². The zero-order valence-corrected chi connectivity index (χ0v) is 13.8. The number of nitrogens with zero attached hydrogens (tertiary/aromatic N) is 3. The molecule has 2 aromatic rings. The molecular formula is C14H20ClN3OS. The maximum absolute atomic E-state index is 5.92. The Morgan fingerprint density at radius 3 is 2.60 bits per heavy atom. The van der Waals surface area contributed by atoms with Gasteiger partial charge in [-0.05, 0) is 50.7 Å². The molecule has 0 aliphatic rings. The summed E-state index contributed by atoms with van der Waals surface area (Å²) in [5.74, 6) is 0.578. The van der Waals surface area contributed by atoms with Gasteiger partial charge in [0.25, 0.3) is 0 Å². The topological polar surface area (TPSA) is 38.2 Å². The van der Waals surface area contributed by atoms with Gasteiger partial charge >= 0.3 is 0 Å². The molecule has 0 spiro atoms. The Morgan fingerprint density at radius 1 is 1.25 bits per heavy atom. The summed E-state index contributed by atoms with van der Waals surface area (Å²) in [6, 6.07) is 2.96. The molecule has 0 saturated heterocycles. The standard InChI is InChI=1S/C14H20ClN3OS/c1-9(2)18(10(3)4)6-7-19-12-11-5-8-20-13(11)17-14(15)16-12/h5,8-10H,6-7H2,1-4H3. The minimum absolute atomic E-state index is 0.236. The predicted molar refractivity (Wildman–Crippen MR) is 84.9 cm³/mol. The van der Waals surface area contributed by atoms with Crippen LogP contribution in [0.4, 0.5) is 0 Å². The number of halogens is 1. The average Bonchev–Trinajstić information content (AvgIpc) is 2.81. The summed E-state index contributed by atoms with van der Waals surface area (Å²) in [6.45, 7) is 10.2. The molecule has 2 rings (SSSR count). The highest BCUT2D eigenvalue weighted by atomic mass is 35.5. The van der Waals surface area contributed by atoms with Crippen LogP contribution in [-0.2, 0) is 0 Å². The van der Waals surface area contributed by atoms with Crippen molar-refractivity contribution in [1.29, 1.82) is 0 Å². The van der Waals surface area contributed by atoms with Crippen LogP contribution in [0.25, 0.3) is 10.2 Å². The van der Waals surface area contributed by atoms with Crippen LogP contribution in [0.3, 0.4) is 0 Å². The highest BCUT2D eigenvalue weighted by Crippen LogP contribution is 2.28. The Labute approximate surface area is 128 Å². The number of fused-ring (bicyclic) bond motifs is 1. The summed E-state index contributed by atoms with van der Waals surface area (Å²) in [5, 5.41) is 3.14. The van der Waals surface area contributed by atoms with Gasteiger partial charge < -0.3 is 4.74 Å². The third-order valence-electron chi connectivity index (χ3n) is 3.18. The van der Waals surface area contributed by atoms with E-state index >= 15 is 0 Å². The van der Waals surface area contributed by atoms with Crippen molar-refractivity contribution in [1.82, 2.24) is 14.9 Å². The molecule has 2 aromatic heterocycles. The van der Waals surface area contributed by atoms with E-state index in [0.717, 1.165) is 16.8 Å². The van der Waals surface area contributed by atoms with Crippen LogP contribution in [0, 0.1) is 0 Å². The van der Waals surface area contributed by atoms with Crippen molar-refractivity contribution in [3.8, 4) is 5.88 Å². The number of thiophene rings is 1. The molecule has 0 aliphatic heterocycles. The third kappa shape index (κ3) is 3.59. The van der Waals surface area contributed by atoms with Crippen molar-refractivity contribution in [3.63, 3.8) is 0 Å². The number of rotatable bonds is 6. The van der Waals surface area contributed by atoms with Crippen LogP contribution in [-0.4, -0.2) is 40.1 Å². The second kappa shape index (κ2) is 6.70. The Hall–Kier alpha value is -0.910. The van der Waals surface area contributed by atoms with Crippen LogP contribution < -0.4 is 4.74 Å². The molecule has 0 amide bonds. The lowest BCUT2D eigenvalue weighted by atomic mass is 10.2. The second-order valence-corrected chi connectivity index (χ2v) is 6.44. The van der Waals surface area contributed by atoms with Gasteiger partial charge in [-0.15, -0.1) is 11.3 Å². The number of hydrogen-bond acceptors (Lipinski definition) is 5. The Kier molecular flexibility index (Phi) is 5.18. The minimum atomic E-state index is 0.236. The van der Waals surface area contributed by atoms with E-state index in [1.807, 2.05) is 11.4 Å². The molecule has 20 heavy (non-hydrogen) atoms. The smallest absolute Gasteiger partial charge is 0.227 e. The SMILES string of the molecule is CC(C)N(CCOc1nc(Cl)nc2sccc12)C(C)C. The second-order valence-electron chi connectivity index (χ2n) is 5.21. The molecule has 6 heteroatoms. The van der Waals surface area contributed by atoms with E-state index in [9.17, 15) is 0 Å². The van der Waals surface area contributed by atoms with Crippen molar-refractivity contribution < 1.29 is 4.74 Å².